The van der Waals surface area contributed by atoms with E-state index >= 15 is 0 Å². The van der Waals surface area contributed by atoms with Crippen LogP contribution in [0.1, 0.15) is 35.8 Å². The SMILES string of the molecule is Cc1ccc2c(Nc3ccc(Cl)cc3)c(C(=O)N3CCC(C)CC3)cnc2n1.Cl. The second-order valence-electron chi connectivity index (χ2n) is 7.48. The molecule has 1 N–H and O–H groups in total. The van der Waals surface area contributed by atoms with Gasteiger partial charge in [-0.05, 0) is 62.1 Å². The minimum absolute atomic E-state index is 0. The highest BCUT2D eigenvalue weighted by atomic mass is 35.5. The van der Waals surface area contributed by atoms with Gasteiger partial charge in [0, 0.05) is 41.1 Å². The molecule has 5 nitrogen and oxygen atoms in total. The number of nitrogens with zero attached hydrogens (tertiary/aromatic N) is 3. The van der Waals surface area contributed by atoms with Crippen LogP contribution in [0.3, 0.4) is 0 Å². The zero-order chi connectivity index (χ0) is 19.7. The number of halogens is 2. The average molecular weight is 431 g/mol. The number of pyridine rings is 2. The van der Waals surface area contributed by atoms with Crippen LogP contribution in [0.4, 0.5) is 11.4 Å². The van der Waals surface area contributed by atoms with Crippen LogP contribution in [0.2, 0.25) is 5.02 Å². The lowest BCUT2D eigenvalue weighted by Crippen LogP contribution is -2.38. The Hall–Kier alpha value is -2.37. The Labute approximate surface area is 181 Å². The number of hydrogen-bond donors (Lipinski definition) is 1. The van der Waals surface area contributed by atoms with Crippen molar-refractivity contribution in [1.29, 1.82) is 0 Å². The van der Waals surface area contributed by atoms with E-state index in [1.807, 2.05) is 48.2 Å². The summed E-state index contributed by atoms with van der Waals surface area (Å²) in [6, 6.07) is 11.3. The van der Waals surface area contributed by atoms with Gasteiger partial charge in [-0.15, -0.1) is 12.4 Å². The Kier molecular flexibility index (Phi) is 6.60. The monoisotopic (exact) mass is 430 g/mol. The first kappa shape index (κ1) is 21.3. The number of aromatic nitrogens is 2. The minimum atomic E-state index is 0. The van der Waals surface area contributed by atoms with Crippen molar-refractivity contribution >= 4 is 52.3 Å². The van der Waals surface area contributed by atoms with E-state index < -0.39 is 0 Å². The van der Waals surface area contributed by atoms with Crippen molar-refractivity contribution in [2.45, 2.75) is 26.7 Å². The molecule has 1 aliphatic rings. The maximum Gasteiger partial charge on any atom is 0.257 e. The molecule has 1 aliphatic heterocycles. The smallest absolute Gasteiger partial charge is 0.257 e. The van der Waals surface area contributed by atoms with Crippen molar-refractivity contribution in [3.8, 4) is 0 Å². The van der Waals surface area contributed by atoms with Crippen molar-refractivity contribution in [3.05, 3.63) is 58.9 Å². The molecule has 4 rings (SSSR count). The highest BCUT2D eigenvalue weighted by Gasteiger charge is 2.25. The number of likely N-dealkylation sites (tertiary alicyclic amines) is 1. The van der Waals surface area contributed by atoms with E-state index in [2.05, 4.69) is 22.2 Å². The molecule has 0 unspecified atom stereocenters. The molecular formula is C22H24Cl2N4O. The summed E-state index contributed by atoms with van der Waals surface area (Å²) >= 11 is 6.01. The fraction of sp³-hybridized carbons (Fsp3) is 0.318. The Balaban J connectivity index is 0.00000240. The summed E-state index contributed by atoms with van der Waals surface area (Å²) in [6.07, 6.45) is 3.72. The standard InChI is InChI=1S/C22H23ClN4O.ClH/c1-14-9-11-27(12-10-14)22(28)19-13-24-21-18(8-3-15(2)25-21)20(19)26-17-6-4-16(23)5-7-17;/h3-8,13-14H,9-12H2,1-2H3,(H,24,25,26);1H. The Morgan fingerprint density at radius 1 is 1.14 bits per heavy atom. The number of carbonyl (C=O) groups excluding carboxylic acids is 1. The van der Waals surface area contributed by atoms with Gasteiger partial charge >= 0.3 is 0 Å². The molecule has 0 aliphatic carbocycles. The summed E-state index contributed by atoms with van der Waals surface area (Å²) in [6.45, 7) is 5.73. The second-order valence-corrected chi connectivity index (χ2v) is 7.91. The van der Waals surface area contributed by atoms with Gasteiger partial charge < -0.3 is 10.2 Å². The van der Waals surface area contributed by atoms with E-state index in [0.717, 1.165) is 48.4 Å². The van der Waals surface area contributed by atoms with Crippen LogP contribution >= 0.6 is 24.0 Å². The van der Waals surface area contributed by atoms with Crippen LogP contribution in [0, 0.1) is 12.8 Å². The molecule has 2 aromatic heterocycles. The van der Waals surface area contributed by atoms with Gasteiger partial charge in [-0.3, -0.25) is 4.79 Å². The van der Waals surface area contributed by atoms with E-state index in [-0.39, 0.29) is 18.3 Å². The van der Waals surface area contributed by atoms with Crippen LogP contribution in [0.5, 0.6) is 0 Å². The van der Waals surface area contributed by atoms with Crippen LogP contribution in [0.15, 0.2) is 42.6 Å². The molecule has 3 aromatic rings. The molecular weight excluding hydrogens is 407 g/mol. The number of carbonyl (C=O) groups is 1. The number of nitrogens with one attached hydrogen (secondary N) is 1. The highest BCUT2D eigenvalue weighted by molar-refractivity contribution is 6.30. The maximum absolute atomic E-state index is 13.3. The normalized spacial score (nSPS) is 14.5. The Bertz CT molecular complexity index is 1020. The third-order valence-electron chi connectivity index (χ3n) is 5.28. The number of anilines is 2. The molecule has 1 aromatic carbocycles. The van der Waals surface area contributed by atoms with Gasteiger partial charge in [0.25, 0.3) is 5.91 Å². The number of hydrogen-bond acceptors (Lipinski definition) is 4. The van der Waals surface area contributed by atoms with E-state index in [4.69, 9.17) is 11.6 Å². The predicted molar refractivity (Wildman–Crippen MR) is 121 cm³/mol. The van der Waals surface area contributed by atoms with Crippen molar-refractivity contribution in [2.75, 3.05) is 18.4 Å². The summed E-state index contributed by atoms with van der Waals surface area (Å²) in [4.78, 5) is 24.2. The first-order valence-corrected chi connectivity index (χ1v) is 9.97. The highest BCUT2D eigenvalue weighted by Crippen LogP contribution is 2.31. The molecule has 29 heavy (non-hydrogen) atoms. The number of fused-ring (bicyclic) bond motifs is 1. The van der Waals surface area contributed by atoms with Gasteiger partial charge in [-0.1, -0.05) is 18.5 Å². The van der Waals surface area contributed by atoms with Gasteiger partial charge in [0.2, 0.25) is 0 Å². The number of amides is 1. The van der Waals surface area contributed by atoms with E-state index in [1.54, 1.807) is 6.20 Å². The van der Waals surface area contributed by atoms with Crippen molar-refractivity contribution < 1.29 is 4.79 Å². The first-order valence-electron chi connectivity index (χ1n) is 9.59. The van der Waals surface area contributed by atoms with E-state index in [1.165, 1.54) is 0 Å². The first-order chi connectivity index (χ1) is 13.5. The molecule has 152 valence electrons. The molecule has 0 saturated carbocycles. The summed E-state index contributed by atoms with van der Waals surface area (Å²) in [7, 11) is 0. The number of benzene rings is 1. The molecule has 1 saturated heterocycles. The maximum atomic E-state index is 13.3. The number of rotatable bonds is 3. The molecule has 3 heterocycles. The molecule has 0 bridgehead atoms. The van der Waals surface area contributed by atoms with Gasteiger partial charge in [0.05, 0.1) is 11.3 Å². The Morgan fingerprint density at radius 2 is 1.83 bits per heavy atom. The summed E-state index contributed by atoms with van der Waals surface area (Å²) in [5.41, 5.74) is 3.69. The molecule has 0 radical (unpaired) electrons. The fourth-order valence-corrected chi connectivity index (χ4v) is 3.65. The van der Waals surface area contributed by atoms with Crippen LogP contribution in [0.25, 0.3) is 11.0 Å². The van der Waals surface area contributed by atoms with Gasteiger partial charge in [0.1, 0.15) is 0 Å². The summed E-state index contributed by atoms with van der Waals surface area (Å²) in [5.74, 6) is 0.677. The van der Waals surface area contributed by atoms with E-state index in [9.17, 15) is 4.79 Å². The largest absolute Gasteiger partial charge is 0.354 e. The van der Waals surface area contributed by atoms with Crippen molar-refractivity contribution in [3.63, 3.8) is 0 Å². The quantitative estimate of drug-likeness (QED) is 0.584. The van der Waals surface area contributed by atoms with Crippen LogP contribution < -0.4 is 5.32 Å². The lowest BCUT2D eigenvalue weighted by molar-refractivity contribution is 0.0698. The van der Waals surface area contributed by atoms with Gasteiger partial charge in [0.15, 0.2) is 5.65 Å². The lowest BCUT2D eigenvalue weighted by atomic mass is 9.98. The molecule has 0 spiro atoms. The average Bonchev–Trinajstić information content (AvgIpc) is 2.70. The number of aryl methyl sites for hydroxylation is 1. The van der Waals surface area contributed by atoms with Gasteiger partial charge in [-0.25, -0.2) is 9.97 Å². The Morgan fingerprint density at radius 3 is 2.52 bits per heavy atom. The predicted octanol–water partition coefficient (Wildman–Crippen LogP) is 5.63. The summed E-state index contributed by atoms with van der Waals surface area (Å²) < 4.78 is 0. The van der Waals surface area contributed by atoms with Crippen molar-refractivity contribution in [2.24, 2.45) is 5.92 Å². The molecule has 7 heteroatoms. The molecule has 1 amide bonds. The number of piperidine rings is 1. The minimum Gasteiger partial charge on any atom is -0.354 e. The fourth-order valence-electron chi connectivity index (χ4n) is 3.53. The van der Waals surface area contributed by atoms with E-state index in [0.29, 0.717) is 22.2 Å². The second kappa shape index (κ2) is 8.97. The zero-order valence-electron chi connectivity index (χ0n) is 16.5. The van der Waals surface area contributed by atoms with Gasteiger partial charge in [-0.2, -0.15) is 0 Å². The molecule has 1 fully saturated rings. The summed E-state index contributed by atoms with van der Waals surface area (Å²) in [5, 5.41) is 4.90. The topological polar surface area (TPSA) is 58.1 Å². The third-order valence-corrected chi connectivity index (χ3v) is 5.54. The van der Waals surface area contributed by atoms with Crippen LogP contribution in [-0.4, -0.2) is 33.9 Å². The third kappa shape index (κ3) is 4.62. The van der Waals surface area contributed by atoms with Crippen molar-refractivity contribution in [1.82, 2.24) is 14.9 Å². The molecule has 0 atom stereocenters. The van der Waals surface area contributed by atoms with Crippen LogP contribution in [-0.2, 0) is 0 Å². The zero-order valence-corrected chi connectivity index (χ0v) is 18.1. The lowest BCUT2D eigenvalue weighted by Gasteiger charge is -2.31.